The predicted octanol–water partition coefficient (Wildman–Crippen LogP) is 5.54. The highest BCUT2D eigenvalue weighted by Crippen LogP contribution is 2.23. The first kappa shape index (κ1) is 43.1. The summed E-state index contributed by atoms with van der Waals surface area (Å²) in [5, 5.41) is 28.9. The van der Waals surface area contributed by atoms with Crippen LogP contribution in [-0.4, -0.2) is 63.9 Å². The van der Waals surface area contributed by atoms with Crippen LogP contribution in [0.25, 0.3) is 10.8 Å². The number of carbonyl (C=O) groups excluding carboxylic acids is 3. The molecule has 0 aromatic heterocycles. The van der Waals surface area contributed by atoms with Gasteiger partial charge in [-0.05, 0) is 86.3 Å². The second-order valence-electron chi connectivity index (χ2n) is 15.1. The molecule has 11 nitrogen and oxygen atoms in total. The first-order valence-corrected chi connectivity index (χ1v) is 18.3. The zero-order valence-electron chi connectivity index (χ0n) is 31.9. The summed E-state index contributed by atoms with van der Waals surface area (Å²) >= 11 is 0. The number of fused-ring (bicyclic) bond motifs is 1. The van der Waals surface area contributed by atoms with Crippen molar-refractivity contribution >= 4 is 34.6 Å². The SMILES string of the molecule is CC(C)CC(NC(=O)[C@H](Cc1ccc2ccccc2c1)C[C@H](O)[C@H](Cc1ccccc1)NC(=O)OC(C)(C)C)C(=O)O.NC(=O)C(N)Cc1ccccc1. The topological polar surface area (TPSA) is 194 Å². The lowest BCUT2D eigenvalue weighted by Gasteiger charge is -2.29. The molecule has 0 radical (unpaired) electrons. The molecule has 0 bridgehead atoms. The Morgan fingerprint density at radius 1 is 0.722 bits per heavy atom. The Kier molecular flexibility index (Phi) is 16.7. The number of ether oxygens (including phenoxy) is 1. The fourth-order valence-electron chi connectivity index (χ4n) is 5.95. The molecule has 0 aliphatic heterocycles. The van der Waals surface area contributed by atoms with E-state index in [1.165, 1.54) is 0 Å². The number of nitrogens with two attached hydrogens (primary N) is 2. The highest BCUT2D eigenvalue weighted by atomic mass is 16.6. The van der Waals surface area contributed by atoms with Crippen LogP contribution in [0.4, 0.5) is 4.79 Å². The largest absolute Gasteiger partial charge is 0.480 e. The van der Waals surface area contributed by atoms with E-state index in [0.717, 1.165) is 27.5 Å². The van der Waals surface area contributed by atoms with E-state index in [1.54, 1.807) is 20.8 Å². The van der Waals surface area contributed by atoms with Crippen LogP contribution < -0.4 is 22.1 Å². The van der Waals surface area contributed by atoms with Gasteiger partial charge in [0.2, 0.25) is 11.8 Å². The van der Waals surface area contributed by atoms with E-state index in [4.69, 9.17) is 16.2 Å². The Bertz CT molecular complexity index is 1790. The van der Waals surface area contributed by atoms with Crippen molar-refractivity contribution in [3.63, 3.8) is 0 Å². The third-order valence-corrected chi connectivity index (χ3v) is 8.64. The van der Waals surface area contributed by atoms with Gasteiger partial charge >= 0.3 is 12.1 Å². The smallest absolute Gasteiger partial charge is 0.407 e. The summed E-state index contributed by atoms with van der Waals surface area (Å²) in [6.45, 7) is 9.07. The molecule has 0 saturated carbocycles. The monoisotopic (exact) mass is 740 g/mol. The molecular formula is C43H56N4O7. The van der Waals surface area contributed by atoms with E-state index in [1.807, 2.05) is 117 Å². The van der Waals surface area contributed by atoms with Crippen molar-refractivity contribution in [2.75, 3.05) is 0 Å². The molecule has 4 aromatic rings. The molecule has 2 unspecified atom stereocenters. The summed E-state index contributed by atoms with van der Waals surface area (Å²) in [6.07, 6.45) is -0.398. The highest BCUT2D eigenvalue weighted by molar-refractivity contribution is 5.86. The van der Waals surface area contributed by atoms with Crippen molar-refractivity contribution in [1.82, 2.24) is 10.6 Å². The molecule has 0 saturated heterocycles. The molecule has 0 aliphatic rings. The molecular weight excluding hydrogens is 684 g/mol. The van der Waals surface area contributed by atoms with Crippen LogP contribution in [0.5, 0.6) is 0 Å². The molecule has 54 heavy (non-hydrogen) atoms. The summed E-state index contributed by atoms with van der Waals surface area (Å²) in [5.74, 6) is -2.71. The molecule has 4 rings (SSSR count). The van der Waals surface area contributed by atoms with Crippen LogP contribution in [0.2, 0.25) is 0 Å². The molecule has 8 N–H and O–H groups in total. The maximum Gasteiger partial charge on any atom is 0.407 e. The summed E-state index contributed by atoms with van der Waals surface area (Å²) in [5.41, 5.74) is 12.6. The summed E-state index contributed by atoms with van der Waals surface area (Å²) in [6, 6.07) is 30.5. The number of aliphatic hydroxyl groups excluding tert-OH is 1. The van der Waals surface area contributed by atoms with Gasteiger partial charge in [-0.15, -0.1) is 0 Å². The van der Waals surface area contributed by atoms with Gasteiger partial charge in [0, 0.05) is 5.92 Å². The lowest BCUT2D eigenvalue weighted by atomic mass is 9.88. The van der Waals surface area contributed by atoms with Gasteiger partial charge < -0.3 is 37.1 Å². The Morgan fingerprint density at radius 2 is 1.28 bits per heavy atom. The van der Waals surface area contributed by atoms with Crippen LogP contribution in [0, 0.1) is 11.8 Å². The van der Waals surface area contributed by atoms with Crippen LogP contribution in [0.3, 0.4) is 0 Å². The van der Waals surface area contributed by atoms with Crippen molar-refractivity contribution in [2.24, 2.45) is 23.3 Å². The number of rotatable bonds is 16. The van der Waals surface area contributed by atoms with Gasteiger partial charge in [0.15, 0.2) is 0 Å². The minimum absolute atomic E-state index is 0.0000239. The van der Waals surface area contributed by atoms with Crippen molar-refractivity contribution in [3.05, 3.63) is 120 Å². The number of carboxylic acids is 1. The van der Waals surface area contributed by atoms with Crippen LogP contribution >= 0.6 is 0 Å². The molecule has 290 valence electrons. The average Bonchev–Trinajstić information content (AvgIpc) is 3.10. The first-order chi connectivity index (χ1) is 25.5. The van der Waals surface area contributed by atoms with E-state index < -0.39 is 59.6 Å². The number of benzene rings is 4. The minimum Gasteiger partial charge on any atom is -0.480 e. The highest BCUT2D eigenvalue weighted by Gasteiger charge is 2.32. The normalized spacial score (nSPS) is 14.1. The standard InChI is InChI=1S/C34H44N2O6.C9H12N2O/c1-22(2)17-29(32(39)40)35-31(38)27(19-24-15-16-25-13-9-10-14-26(25)18-24)21-30(37)28(20-23-11-7-6-8-12-23)36-33(41)42-34(3,4)5;10-8(9(11)12)6-7-4-2-1-3-5-7/h6-16,18,22,27-30,37H,17,19-21H2,1-5H3,(H,35,38)(H,36,41)(H,39,40);1-5,8H,6,10H2,(H2,11,12)/t27-,28+,29?,30+;/m1./s1. The molecule has 3 amide bonds. The van der Waals surface area contributed by atoms with Crippen molar-refractivity contribution in [2.45, 2.75) is 96.6 Å². The average molecular weight is 741 g/mol. The number of alkyl carbamates (subject to hydrolysis) is 1. The molecule has 0 aliphatic carbocycles. The van der Waals surface area contributed by atoms with Crippen molar-refractivity contribution < 1.29 is 34.1 Å². The fourth-order valence-corrected chi connectivity index (χ4v) is 5.95. The summed E-state index contributed by atoms with van der Waals surface area (Å²) < 4.78 is 5.46. The van der Waals surface area contributed by atoms with Crippen LogP contribution in [0.15, 0.2) is 103 Å². The van der Waals surface area contributed by atoms with Gasteiger partial charge in [0.05, 0.1) is 18.2 Å². The second-order valence-corrected chi connectivity index (χ2v) is 15.1. The zero-order chi connectivity index (χ0) is 39.8. The van der Waals surface area contributed by atoms with E-state index in [0.29, 0.717) is 12.8 Å². The van der Waals surface area contributed by atoms with E-state index in [-0.39, 0.29) is 25.2 Å². The summed E-state index contributed by atoms with van der Waals surface area (Å²) in [7, 11) is 0. The molecule has 11 heteroatoms. The molecule has 0 fully saturated rings. The van der Waals surface area contributed by atoms with Crippen molar-refractivity contribution in [3.8, 4) is 0 Å². The maximum atomic E-state index is 13.6. The predicted molar refractivity (Wildman–Crippen MR) is 211 cm³/mol. The van der Waals surface area contributed by atoms with E-state index in [2.05, 4.69) is 10.6 Å². The quantitative estimate of drug-likeness (QED) is 0.0862. The molecule has 4 aromatic carbocycles. The second kappa shape index (κ2) is 20.8. The van der Waals surface area contributed by atoms with Crippen molar-refractivity contribution in [1.29, 1.82) is 0 Å². The Labute approximate surface area is 318 Å². The fraction of sp³-hybridized carbons (Fsp3) is 0.395. The number of nitrogens with one attached hydrogen (secondary N) is 2. The van der Waals surface area contributed by atoms with Gasteiger partial charge in [-0.2, -0.15) is 0 Å². The Balaban J connectivity index is 0.000000553. The Morgan fingerprint density at radius 3 is 1.81 bits per heavy atom. The minimum atomic E-state index is -1.12. The third-order valence-electron chi connectivity index (χ3n) is 8.64. The number of aliphatic hydroxyl groups is 1. The van der Waals surface area contributed by atoms with Gasteiger partial charge in [0.1, 0.15) is 11.6 Å². The van der Waals surface area contributed by atoms with Crippen LogP contribution in [0.1, 0.15) is 64.2 Å². The van der Waals surface area contributed by atoms with E-state index >= 15 is 0 Å². The number of amides is 3. The summed E-state index contributed by atoms with van der Waals surface area (Å²) in [4.78, 5) is 48.9. The maximum absolute atomic E-state index is 13.6. The van der Waals surface area contributed by atoms with Crippen LogP contribution in [-0.2, 0) is 38.4 Å². The molecule has 0 spiro atoms. The lowest BCUT2D eigenvalue weighted by Crippen LogP contribution is -2.49. The number of carboxylic acid groups (broad SMARTS) is 1. The Hall–Kier alpha value is -5.26. The third kappa shape index (κ3) is 15.4. The molecule has 0 heterocycles. The number of primary amides is 1. The van der Waals surface area contributed by atoms with Gasteiger partial charge in [-0.25, -0.2) is 9.59 Å². The number of carbonyl (C=O) groups is 4. The van der Waals surface area contributed by atoms with Gasteiger partial charge in [0.25, 0.3) is 0 Å². The lowest BCUT2D eigenvalue weighted by molar-refractivity contribution is -0.143. The molecule has 5 atom stereocenters. The van der Waals surface area contributed by atoms with Gasteiger partial charge in [-0.3, -0.25) is 9.59 Å². The number of hydrogen-bond donors (Lipinski definition) is 6. The zero-order valence-corrected chi connectivity index (χ0v) is 31.9. The van der Waals surface area contributed by atoms with E-state index in [9.17, 15) is 29.4 Å². The van der Waals surface area contributed by atoms with Gasteiger partial charge in [-0.1, -0.05) is 117 Å². The number of aliphatic carboxylic acids is 1. The first-order valence-electron chi connectivity index (χ1n) is 18.3. The number of hydrogen-bond acceptors (Lipinski definition) is 7.